The number of nitrogens with zero attached hydrogens (tertiary/aromatic N) is 1. The van der Waals surface area contributed by atoms with Gasteiger partial charge >= 0.3 is 0 Å². The first-order valence-corrected chi connectivity index (χ1v) is 8.29. The monoisotopic (exact) mass is 366 g/mol. The van der Waals surface area contributed by atoms with Crippen LogP contribution >= 0.6 is 11.6 Å². The van der Waals surface area contributed by atoms with Gasteiger partial charge in [0, 0.05) is 16.8 Å². The molecule has 0 saturated heterocycles. The molecule has 0 bridgehead atoms. The largest absolute Gasteiger partial charge is 0.387 e. The standard InChI is InChI=1S/C18H17ClF2N2O2/c1-10(12-5-4-11(20)9-14(12)19)23-17(25)18(21)7-6-15(24)16-13(18)3-2-8-22-16/h2-5,8-10,15,24H,6-7H2,1H3,(H,23,25)/t10?,15-,18-/m0/s1. The molecule has 1 aromatic carbocycles. The lowest BCUT2D eigenvalue weighted by Crippen LogP contribution is -2.45. The normalized spacial score (nSPS) is 23.6. The number of halogens is 3. The molecule has 2 aromatic rings. The number of carbonyl (C=O) groups excluding carboxylic acids is 1. The zero-order valence-electron chi connectivity index (χ0n) is 13.5. The molecule has 3 atom stereocenters. The number of aromatic nitrogens is 1. The van der Waals surface area contributed by atoms with E-state index in [4.69, 9.17) is 11.6 Å². The molecule has 0 aliphatic heterocycles. The highest BCUT2D eigenvalue weighted by molar-refractivity contribution is 6.31. The maximum atomic E-state index is 15.5. The van der Waals surface area contributed by atoms with Crippen molar-refractivity contribution >= 4 is 17.5 Å². The van der Waals surface area contributed by atoms with Gasteiger partial charge in [-0.05, 0) is 43.5 Å². The number of alkyl halides is 1. The number of carbonyl (C=O) groups is 1. The number of aliphatic hydroxyl groups is 1. The average molecular weight is 367 g/mol. The van der Waals surface area contributed by atoms with Crippen molar-refractivity contribution in [2.75, 3.05) is 0 Å². The average Bonchev–Trinajstić information content (AvgIpc) is 2.58. The van der Waals surface area contributed by atoms with Gasteiger partial charge in [0.05, 0.1) is 17.8 Å². The van der Waals surface area contributed by atoms with Crippen LogP contribution in [0.25, 0.3) is 0 Å². The maximum absolute atomic E-state index is 15.5. The maximum Gasteiger partial charge on any atom is 0.262 e. The van der Waals surface area contributed by atoms with Gasteiger partial charge in [0.15, 0.2) is 0 Å². The minimum Gasteiger partial charge on any atom is -0.387 e. The van der Waals surface area contributed by atoms with Crippen LogP contribution in [0.15, 0.2) is 36.5 Å². The number of nitrogens with one attached hydrogen (secondary N) is 1. The van der Waals surface area contributed by atoms with Crippen LogP contribution in [0.1, 0.15) is 48.7 Å². The Morgan fingerprint density at radius 2 is 2.24 bits per heavy atom. The molecule has 2 N–H and O–H groups in total. The third-order valence-electron chi connectivity index (χ3n) is 4.48. The van der Waals surface area contributed by atoms with Crippen molar-refractivity contribution in [2.45, 2.75) is 37.6 Å². The van der Waals surface area contributed by atoms with Crippen LogP contribution in [0.5, 0.6) is 0 Å². The van der Waals surface area contributed by atoms with E-state index in [1.807, 2.05) is 0 Å². The number of hydrogen-bond donors (Lipinski definition) is 2. The van der Waals surface area contributed by atoms with Gasteiger partial charge in [0.2, 0.25) is 5.67 Å². The van der Waals surface area contributed by atoms with Crippen molar-refractivity contribution in [3.63, 3.8) is 0 Å². The van der Waals surface area contributed by atoms with Gasteiger partial charge in [-0.3, -0.25) is 9.78 Å². The van der Waals surface area contributed by atoms with Gasteiger partial charge in [-0.2, -0.15) is 0 Å². The summed E-state index contributed by atoms with van der Waals surface area (Å²) < 4.78 is 28.7. The molecular formula is C18H17ClF2N2O2. The highest BCUT2D eigenvalue weighted by atomic mass is 35.5. The van der Waals surface area contributed by atoms with Crippen molar-refractivity contribution in [1.29, 1.82) is 0 Å². The Morgan fingerprint density at radius 3 is 2.96 bits per heavy atom. The lowest BCUT2D eigenvalue weighted by atomic mass is 9.80. The summed E-state index contributed by atoms with van der Waals surface area (Å²) in [6.45, 7) is 1.64. The van der Waals surface area contributed by atoms with Crippen LogP contribution in [0, 0.1) is 5.82 Å². The summed E-state index contributed by atoms with van der Waals surface area (Å²) >= 11 is 6.00. The second-order valence-electron chi connectivity index (χ2n) is 6.15. The molecule has 1 amide bonds. The molecule has 132 valence electrons. The summed E-state index contributed by atoms with van der Waals surface area (Å²) in [5.41, 5.74) is -1.55. The Kier molecular flexibility index (Phi) is 4.75. The Hall–Kier alpha value is -2.05. The molecule has 7 heteroatoms. The molecule has 0 saturated carbocycles. The van der Waals surface area contributed by atoms with E-state index in [1.165, 1.54) is 30.5 Å². The molecule has 0 fully saturated rings. The quantitative estimate of drug-likeness (QED) is 0.869. The molecule has 1 unspecified atom stereocenters. The second-order valence-corrected chi connectivity index (χ2v) is 6.56. The number of aliphatic hydroxyl groups excluding tert-OH is 1. The molecule has 0 spiro atoms. The van der Waals surface area contributed by atoms with Crippen molar-refractivity contribution in [2.24, 2.45) is 0 Å². The van der Waals surface area contributed by atoms with Gasteiger partial charge in [0.25, 0.3) is 5.91 Å². The van der Waals surface area contributed by atoms with Crippen LogP contribution in [0.2, 0.25) is 5.02 Å². The van der Waals surface area contributed by atoms with Crippen LogP contribution < -0.4 is 5.32 Å². The fourth-order valence-electron chi connectivity index (χ4n) is 3.10. The van der Waals surface area contributed by atoms with Crippen molar-refractivity contribution in [1.82, 2.24) is 10.3 Å². The first-order valence-electron chi connectivity index (χ1n) is 7.91. The molecule has 1 heterocycles. The summed E-state index contributed by atoms with van der Waals surface area (Å²) in [5.74, 6) is -1.32. The minimum atomic E-state index is -2.29. The molecule has 4 nitrogen and oxygen atoms in total. The van der Waals surface area contributed by atoms with Crippen LogP contribution in [-0.4, -0.2) is 16.0 Å². The fourth-order valence-corrected chi connectivity index (χ4v) is 3.43. The van der Waals surface area contributed by atoms with E-state index in [9.17, 15) is 14.3 Å². The Labute approximate surface area is 148 Å². The Bertz CT molecular complexity index is 817. The zero-order valence-corrected chi connectivity index (χ0v) is 14.2. The van der Waals surface area contributed by atoms with Gasteiger partial charge in [-0.1, -0.05) is 23.7 Å². The Morgan fingerprint density at radius 1 is 1.48 bits per heavy atom. The third-order valence-corrected chi connectivity index (χ3v) is 4.81. The second kappa shape index (κ2) is 6.69. The van der Waals surface area contributed by atoms with E-state index < -0.39 is 29.5 Å². The predicted octanol–water partition coefficient (Wildman–Crippen LogP) is 3.74. The molecule has 25 heavy (non-hydrogen) atoms. The first kappa shape index (κ1) is 17.8. The third kappa shape index (κ3) is 3.24. The zero-order chi connectivity index (χ0) is 18.2. The number of hydrogen-bond acceptors (Lipinski definition) is 3. The summed E-state index contributed by atoms with van der Waals surface area (Å²) in [7, 11) is 0. The molecule has 0 radical (unpaired) electrons. The number of rotatable bonds is 3. The van der Waals surface area contributed by atoms with E-state index in [0.717, 1.165) is 6.07 Å². The lowest BCUT2D eigenvalue weighted by Gasteiger charge is -2.33. The van der Waals surface area contributed by atoms with E-state index in [2.05, 4.69) is 10.3 Å². The molecule has 1 aliphatic carbocycles. The van der Waals surface area contributed by atoms with E-state index in [1.54, 1.807) is 6.92 Å². The molecule has 1 aromatic heterocycles. The van der Waals surface area contributed by atoms with Gasteiger partial charge < -0.3 is 10.4 Å². The molecular weight excluding hydrogens is 350 g/mol. The summed E-state index contributed by atoms with van der Waals surface area (Å²) in [5, 5.41) is 12.7. The summed E-state index contributed by atoms with van der Waals surface area (Å²) in [6, 6.07) is 6.19. The minimum absolute atomic E-state index is 0.0728. The van der Waals surface area contributed by atoms with E-state index in [-0.39, 0.29) is 29.1 Å². The highest BCUT2D eigenvalue weighted by Gasteiger charge is 2.47. The number of benzene rings is 1. The van der Waals surface area contributed by atoms with Gasteiger partial charge in [-0.15, -0.1) is 0 Å². The first-order chi connectivity index (χ1) is 11.8. The number of amides is 1. The van der Waals surface area contributed by atoms with Crippen molar-refractivity contribution in [3.8, 4) is 0 Å². The lowest BCUT2D eigenvalue weighted by molar-refractivity contribution is -0.136. The highest BCUT2D eigenvalue weighted by Crippen LogP contribution is 2.42. The van der Waals surface area contributed by atoms with E-state index in [0.29, 0.717) is 5.56 Å². The van der Waals surface area contributed by atoms with Gasteiger partial charge in [-0.25, -0.2) is 8.78 Å². The molecule has 3 rings (SSSR count). The Balaban J connectivity index is 1.87. The summed E-state index contributed by atoms with van der Waals surface area (Å²) in [6.07, 6.45) is 0.506. The van der Waals surface area contributed by atoms with Crippen LogP contribution in [0.3, 0.4) is 0 Å². The van der Waals surface area contributed by atoms with Crippen LogP contribution in [-0.2, 0) is 10.5 Å². The van der Waals surface area contributed by atoms with Gasteiger partial charge in [0.1, 0.15) is 5.82 Å². The fraction of sp³-hybridized carbons (Fsp3) is 0.333. The predicted molar refractivity (Wildman–Crippen MR) is 89.2 cm³/mol. The van der Waals surface area contributed by atoms with Crippen molar-refractivity contribution in [3.05, 3.63) is 64.2 Å². The molecule has 1 aliphatic rings. The SMILES string of the molecule is CC(NC(=O)[C@]1(F)CC[C@H](O)c2ncccc21)c1ccc(F)cc1Cl. The smallest absolute Gasteiger partial charge is 0.262 e. The summed E-state index contributed by atoms with van der Waals surface area (Å²) in [4.78, 5) is 16.6. The van der Waals surface area contributed by atoms with Crippen molar-refractivity contribution < 1.29 is 18.7 Å². The number of fused-ring (bicyclic) bond motifs is 1. The van der Waals surface area contributed by atoms with Crippen LogP contribution in [0.4, 0.5) is 8.78 Å². The van der Waals surface area contributed by atoms with E-state index >= 15 is 4.39 Å². The topological polar surface area (TPSA) is 62.2 Å². The number of pyridine rings is 1.